The molecular weight excluding hydrogens is 643 g/mol. The normalized spacial score (nSPS) is 12.5. The highest BCUT2D eigenvalue weighted by Gasteiger charge is 2.23. The first-order valence-corrected chi connectivity index (χ1v) is 18.0. The zero-order chi connectivity index (χ0) is 33.2. The van der Waals surface area contributed by atoms with Crippen LogP contribution in [0, 0.1) is 0 Å². The van der Waals surface area contributed by atoms with Crippen LogP contribution >= 0.6 is 11.3 Å². The van der Waals surface area contributed by atoms with Gasteiger partial charge in [-0.1, -0.05) is 97.1 Å². The molecule has 0 N–H and O–H groups in total. The summed E-state index contributed by atoms with van der Waals surface area (Å²) in [7, 11) is 0. The van der Waals surface area contributed by atoms with Crippen molar-refractivity contribution in [3.8, 4) is 39.8 Å². The number of benzene rings is 8. The second-order valence-electron chi connectivity index (χ2n) is 13.3. The van der Waals surface area contributed by atoms with Crippen LogP contribution in [0.2, 0.25) is 0 Å². The molecule has 0 amide bonds. The average Bonchev–Trinajstić information content (AvgIpc) is 3.74. The Labute approximate surface area is 295 Å². The minimum Gasteiger partial charge on any atom is -0.456 e. The molecule has 236 valence electrons. The number of fused-ring (bicyclic) bond motifs is 13. The largest absolute Gasteiger partial charge is 0.456 e. The lowest BCUT2D eigenvalue weighted by Crippen LogP contribution is -2.02. The van der Waals surface area contributed by atoms with E-state index in [0.29, 0.717) is 5.82 Å². The Bertz CT molecular complexity index is 3300. The van der Waals surface area contributed by atoms with E-state index in [4.69, 9.17) is 14.7 Å². The summed E-state index contributed by atoms with van der Waals surface area (Å²) in [4.78, 5) is 10.3. The van der Waals surface area contributed by atoms with E-state index in [1.807, 2.05) is 47.7 Å². The molecule has 12 rings (SSSR count). The van der Waals surface area contributed by atoms with Gasteiger partial charge in [0, 0.05) is 53.1 Å². The maximum absolute atomic E-state index is 6.25. The quantitative estimate of drug-likeness (QED) is 0.172. The molecule has 0 saturated carbocycles. The van der Waals surface area contributed by atoms with Crippen molar-refractivity contribution < 1.29 is 4.74 Å². The Morgan fingerprint density at radius 2 is 1.27 bits per heavy atom. The van der Waals surface area contributed by atoms with Crippen molar-refractivity contribution >= 4 is 85.8 Å². The molecule has 51 heavy (non-hydrogen) atoms. The SMILES string of the molecule is c1cc(-c2nc3c4c(cccc4n2)Oc2ccccc2-3)cc(-n2c3ccccc3c3c4ccc5ccc6c7ccccc7sc6c5c4ccc32)c1. The van der Waals surface area contributed by atoms with Crippen LogP contribution in [0.1, 0.15) is 0 Å². The summed E-state index contributed by atoms with van der Waals surface area (Å²) in [6.45, 7) is 0. The number of rotatable bonds is 2. The van der Waals surface area contributed by atoms with Gasteiger partial charge < -0.3 is 9.30 Å². The third-order valence-corrected chi connectivity index (χ3v) is 11.8. The van der Waals surface area contributed by atoms with Crippen LogP contribution in [-0.4, -0.2) is 14.5 Å². The van der Waals surface area contributed by atoms with E-state index >= 15 is 0 Å². The second kappa shape index (κ2) is 10.0. The second-order valence-corrected chi connectivity index (χ2v) is 14.4. The van der Waals surface area contributed by atoms with Crippen molar-refractivity contribution in [3.05, 3.63) is 152 Å². The van der Waals surface area contributed by atoms with Crippen LogP contribution in [-0.2, 0) is 0 Å². The van der Waals surface area contributed by atoms with Gasteiger partial charge in [-0.05, 0) is 70.8 Å². The number of aromatic nitrogens is 3. The Kier molecular flexibility index (Phi) is 5.35. The molecule has 4 nitrogen and oxygen atoms in total. The van der Waals surface area contributed by atoms with Crippen molar-refractivity contribution in [2.45, 2.75) is 0 Å². The van der Waals surface area contributed by atoms with Gasteiger partial charge in [0.1, 0.15) is 11.5 Å². The van der Waals surface area contributed by atoms with Gasteiger partial charge in [0.05, 0.1) is 27.6 Å². The van der Waals surface area contributed by atoms with Crippen molar-refractivity contribution in [3.63, 3.8) is 0 Å². The maximum Gasteiger partial charge on any atom is 0.160 e. The van der Waals surface area contributed by atoms with E-state index in [0.717, 1.165) is 44.9 Å². The third-order valence-electron chi connectivity index (χ3n) is 10.6. The first-order valence-electron chi connectivity index (χ1n) is 17.2. The van der Waals surface area contributed by atoms with E-state index in [1.54, 1.807) is 0 Å². The van der Waals surface area contributed by atoms with Crippen LogP contribution in [0.3, 0.4) is 0 Å². The third kappa shape index (κ3) is 3.73. The zero-order valence-corrected chi connectivity index (χ0v) is 27.9. The fourth-order valence-electron chi connectivity index (χ4n) is 8.36. The molecule has 0 atom stereocenters. The number of ether oxygens (including phenoxy) is 1. The van der Waals surface area contributed by atoms with Gasteiger partial charge in [-0.2, -0.15) is 0 Å². The molecule has 1 aliphatic heterocycles. The molecular formula is C46H25N3OS. The average molecular weight is 668 g/mol. The summed E-state index contributed by atoms with van der Waals surface area (Å²) in [5.74, 6) is 2.30. The molecule has 11 aromatic rings. The summed E-state index contributed by atoms with van der Waals surface area (Å²) in [5.41, 5.74) is 7.13. The van der Waals surface area contributed by atoms with Crippen molar-refractivity contribution in [2.24, 2.45) is 0 Å². The van der Waals surface area contributed by atoms with Gasteiger partial charge >= 0.3 is 0 Å². The van der Waals surface area contributed by atoms with E-state index < -0.39 is 0 Å². The smallest absolute Gasteiger partial charge is 0.160 e. The number of hydrogen-bond donors (Lipinski definition) is 0. The molecule has 0 saturated heterocycles. The fraction of sp³-hybridized carbons (Fsp3) is 0. The van der Waals surface area contributed by atoms with Gasteiger partial charge in [-0.25, -0.2) is 9.97 Å². The molecule has 4 heterocycles. The lowest BCUT2D eigenvalue weighted by molar-refractivity contribution is 0.486. The van der Waals surface area contributed by atoms with Crippen molar-refractivity contribution in [1.82, 2.24) is 14.5 Å². The van der Waals surface area contributed by atoms with Gasteiger partial charge in [-0.15, -0.1) is 11.3 Å². The predicted molar refractivity (Wildman–Crippen MR) is 213 cm³/mol. The molecule has 0 radical (unpaired) electrons. The molecule has 0 bridgehead atoms. The first kappa shape index (κ1) is 27.3. The summed E-state index contributed by atoms with van der Waals surface area (Å²) >= 11 is 1.90. The number of para-hydroxylation sites is 2. The standard InChI is InChI=1S/C46H25N3OS/c1-4-15-36-33(12-1)42-31-21-19-26-20-22-32-29-11-3-6-18-40(29)51-45(32)41(26)30(31)23-24-37(42)49(36)28-10-7-9-27(25-28)46-47-35-14-8-17-39-43(35)44(48-46)34-13-2-5-16-38(34)50-39/h1-25H. The molecule has 3 aromatic heterocycles. The monoisotopic (exact) mass is 667 g/mol. The number of nitrogens with zero attached hydrogens (tertiary/aromatic N) is 3. The molecule has 0 spiro atoms. The van der Waals surface area contributed by atoms with Gasteiger partial charge in [0.25, 0.3) is 0 Å². The fourth-order valence-corrected chi connectivity index (χ4v) is 9.64. The Morgan fingerprint density at radius 1 is 0.510 bits per heavy atom. The van der Waals surface area contributed by atoms with Crippen LogP contribution in [0.25, 0.3) is 103 Å². The Hall–Kier alpha value is -6.56. The van der Waals surface area contributed by atoms with Crippen LogP contribution in [0.4, 0.5) is 0 Å². The van der Waals surface area contributed by atoms with Crippen molar-refractivity contribution in [2.75, 3.05) is 0 Å². The number of thiophene rings is 1. The van der Waals surface area contributed by atoms with E-state index in [1.165, 1.54) is 63.5 Å². The van der Waals surface area contributed by atoms with E-state index in [9.17, 15) is 0 Å². The molecule has 0 aliphatic carbocycles. The Morgan fingerprint density at radius 3 is 2.24 bits per heavy atom. The summed E-state index contributed by atoms with van der Waals surface area (Å²) in [5, 5.41) is 11.3. The molecule has 0 fully saturated rings. The summed E-state index contributed by atoms with van der Waals surface area (Å²) < 4.78 is 11.3. The Balaban J connectivity index is 1.10. The highest BCUT2D eigenvalue weighted by molar-refractivity contribution is 7.26. The number of hydrogen-bond acceptors (Lipinski definition) is 4. The maximum atomic E-state index is 6.25. The molecule has 5 heteroatoms. The van der Waals surface area contributed by atoms with Gasteiger partial charge in [-0.3, -0.25) is 0 Å². The first-order chi connectivity index (χ1) is 25.3. The molecule has 8 aromatic carbocycles. The molecule has 1 aliphatic rings. The van der Waals surface area contributed by atoms with Crippen LogP contribution in [0.15, 0.2) is 152 Å². The summed E-state index contributed by atoms with van der Waals surface area (Å²) in [6.07, 6.45) is 0. The minimum absolute atomic E-state index is 0.693. The van der Waals surface area contributed by atoms with Crippen LogP contribution in [0.5, 0.6) is 11.5 Å². The van der Waals surface area contributed by atoms with Gasteiger partial charge in [0.2, 0.25) is 0 Å². The van der Waals surface area contributed by atoms with Gasteiger partial charge in [0.15, 0.2) is 5.82 Å². The highest BCUT2D eigenvalue weighted by atomic mass is 32.1. The molecule has 0 unspecified atom stereocenters. The van der Waals surface area contributed by atoms with E-state index in [2.05, 4.69) is 120 Å². The summed E-state index contributed by atoms with van der Waals surface area (Å²) in [6, 6.07) is 54.1. The minimum atomic E-state index is 0.693. The highest BCUT2D eigenvalue weighted by Crippen LogP contribution is 2.47. The lowest BCUT2D eigenvalue weighted by atomic mass is 9.97. The zero-order valence-electron chi connectivity index (χ0n) is 27.1. The lowest BCUT2D eigenvalue weighted by Gasteiger charge is -2.20. The van der Waals surface area contributed by atoms with Crippen molar-refractivity contribution in [1.29, 1.82) is 0 Å². The predicted octanol–water partition coefficient (Wildman–Crippen LogP) is 12.8. The van der Waals surface area contributed by atoms with E-state index in [-0.39, 0.29) is 0 Å². The van der Waals surface area contributed by atoms with Crippen LogP contribution < -0.4 is 4.74 Å². The topological polar surface area (TPSA) is 39.9 Å².